The first-order chi connectivity index (χ1) is 10.8. The van der Waals surface area contributed by atoms with Crippen LogP contribution in [-0.4, -0.2) is 26.0 Å². The SMILES string of the molecule is CCOC(=O)Cc1cnc(NS(=O)(=O)c2ccc(Cl)cc2Cl)s1. The van der Waals surface area contributed by atoms with Crippen LogP contribution in [0.1, 0.15) is 11.8 Å². The highest BCUT2D eigenvalue weighted by molar-refractivity contribution is 7.93. The van der Waals surface area contributed by atoms with Crippen LogP contribution in [0.4, 0.5) is 5.13 Å². The Morgan fingerprint density at radius 2 is 2.13 bits per heavy atom. The average molecular weight is 395 g/mol. The minimum Gasteiger partial charge on any atom is -0.466 e. The largest absolute Gasteiger partial charge is 0.466 e. The van der Waals surface area contributed by atoms with Crippen LogP contribution in [0.2, 0.25) is 10.0 Å². The lowest BCUT2D eigenvalue weighted by atomic mass is 10.4. The second-order valence-corrected chi connectivity index (χ2v) is 7.90. The number of anilines is 1. The second kappa shape index (κ2) is 7.48. The Kier molecular flexibility index (Phi) is 5.85. The van der Waals surface area contributed by atoms with Gasteiger partial charge in [0.15, 0.2) is 5.13 Å². The fourth-order valence-electron chi connectivity index (χ4n) is 1.65. The number of carbonyl (C=O) groups is 1. The van der Waals surface area contributed by atoms with E-state index in [0.717, 1.165) is 11.3 Å². The Hall–Kier alpha value is -1.35. The van der Waals surface area contributed by atoms with E-state index in [4.69, 9.17) is 27.9 Å². The lowest BCUT2D eigenvalue weighted by Crippen LogP contribution is -2.13. The first-order valence-corrected chi connectivity index (χ1v) is 9.45. The van der Waals surface area contributed by atoms with Gasteiger partial charge in [-0.1, -0.05) is 23.2 Å². The maximum atomic E-state index is 12.3. The highest BCUT2D eigenvalue weighted by Gasteiger charge is 2.20. The van der Waals surface area contributed by atoms with Crippen LogP contribution in [0.25, 0.3) is 0 Å². The molecule has 6 nitrogen and oxygen atoms in total. The van der Waals surface area contributed by atoms with Crippen LogP contribution in [-0.2, 0) is 26.0 Å². The number of benzene rings is 1. The molecule has 1 N–H and O–H groups in total. The summed E-state index contributed by atoms with van der Waals surface area (Å²) in [6.07, 6.45) is 1.46. The fraction of sp³-hybridized carbons (Fsp3) is 0.231. The fourth-order valence-corrected chi connectivity index (χ4v) is 4.47. The van der Waals surface area contributed by atoms with Gasteiger partial charge in [-0.3, -0.25) is 9.52 Å². The van der Waals surface area contributed by atoms with Gasteiger partial charge in [0.25, 0.3) is 10.0 Å². The number of aromatic nitrogens is 1. The number of thiazole rings is 1. The molecule has 124 valence electrons. The zero-order valence-electron chi connectivity index (χ0n) is 11.9. The zero-order chi connectivity index (χ0) is 17.0. The van der Waals surface area contributed by atoms with Crippen molar-refractivity contribution in [3.63, 3.8) is 0 Å². The number of nitrogens with zero attached hydrogens (tertiary/aromatic N) is 1. The highest BCUT2D eigenvalue weighted by atomic mass is 35.5. The number of hydrogen-bond donors (Lipinski definition) is 1. The van der Waals surface area contributed by atoms with E-state index in [2.05, 4.69) is 9.71 Å². The van der Waals surface area contributed by atoms with Gasteiger partial charge in [0.05, 0.1) is 18.1 Å². The number of carbonyl (C=O) groups excluding carboxylic acids is 1. The molecule has 0 amide bonds. The summed E-state index contributed by atoms with van der Waals surface area (Å²) >= 11 is 12.7. The molecule has 0 aliphatic carbocycles. The van der Waals surface area contributed by atoms with Gasteiger partial charge in [-0.15, -0.1) is 11.3 Å². The molecule has 10 heteroatoms. The molecule has 0 spiro atoms. The van der Waals surface area contributed by atoms with Crippen molar-refractivity contribution in [3.8, 4) is 0 Å². The molecule has 2 aromatic rings. The van der Waals surface area contributed by atoms with Gasteiger partial charge >= 0.3 is 5.97 Å². The molecule has 0 fully saturated rings. The summed E-state index contributed by atoms with van der Waals surface area (Å²) in [4.78, 5) is 15.8. The smallest absolute Gasteiger partial charge is 0.311 e. The molecule has 0 saturated heterocycles. The quantitative estimate of drug-likeness (QED) is 0.759. The van der Waals surface area contributed by atoms with Crippen LogP contribution >= 0.6 is 34.5 Å². The molecule has 1 heterocycles. The summed E-state index contributed by atoms with van der Waals surface area (Å²) < 4.78 is 31.8. The van der Waals surface area contributed by atoms with Crippen molar-refractivity contribution in [2.24, 2.45) is 0 Å². The minimum atomic E-state index is -3.89. The van der Waals surface area contributed by atoms with Crippen LogP contribution < -0.4 is 4.72 Å². The lowest BCUT2D eigenvalue weighted by Gasteiger charge is -2.07. The molecule has 1 aromatic heterocycles. The van der Waals surface area contributed by atoms with Crippen molar-refractivity contribution in [2.75, 3.05) is 11.3 Å². The number of sulfonamides is 1. The molecular weight excluding hydrogens is 383 g/mol. The minimum absolute atomic E-state index is 0.00769. The van der Waals surface area contributed by atoms with Crippen LogP contribution in [0.15, 0.2) is 29.3 Å². The molecule has 0 saturated carbocycles. The molecule has 23 heavy (non-hydrogen) atoms. The molecule has 0 aliphatic rings. The summed E-state index contributed by atoms with van der Waals surface area (Å²) in [7, 11) is -3.89. The van der Waals surface area contributed by atoms with Crippen LogP contribution in [0.5, 0.6) is 0 Å². The second-order valence-electron chi connectivity index (χ2n) is 4.29. The van der Waals surface area contributed by atoms with Gasteiger partial charge in [0, 0.05) is 16.1 Å². The van der Waals surface area contributed by atoms with Crippen molar-refractivity contribution >= 4 is 55.7 Å². The van der Waals surface area contributed by atoms with Gasteiger partial charge in [-0.25, -0.2) is 13.4 Å². The maximum Gasteiger partial charge on any atom is 0.311 e. The Bertz CT molecular complexity index is 821. The van der Waals surface area contributed by atoms with Gasteiger partial charge in [0.1, 0.15) is 4.90 Å². The summed E-state index contributed by atoms with van der Waals surface area (Å²) in [6, 6.07) is 4.07. The Morgan fingerprint density at radius 1 is 1.39 bits per heavy atom. The average Bonchev–Trinajstić information content (AvgIpc) is 2.84. The van der Waals surface area contributed by atoms with Crippen molar-refractivity contribution < 1.29 is 17.9 Å². The number of nitrogens with one attached hydrogen (secondary N) is 1. The Labute approximate surface area is 147 Å². The molecule has 0 radical (unpaired) electrons. The normalized spacial score (nSPS) is 11.3. The highest BCUT2D eigenvalue weighted by Crippen LogP contribution is 2.28. The van der Waals surface area contributed by atoms with E-state index >= 15 is 0 Å². The molecule has 1 aromatic carbocycles. The van der Waals surface area contributed by atoms with Gasteiger partial charge < -0.3 is 4.74 Å². The monoisotopic (exact) mass is 394 g/mol. The van der Waals surface area contributed by atoms with Crippen molar-refractivity contribution in [1.82, 2.24) is 4.98 Å². The van der Waals surface area contributed by atoms with E-state index in [9.17, 15) is 13.2 Å². The summed E-state index contributed by atoms with van der Waals surface area (Å²) in [5.41, 5.74) is 0. The predicted octanol–water partition coefficient (Wildman–Crippen LogP) is 3.36. The van der Waals surface area contributed by atoms with Crippen LogP contribution in [0, 0.1) is 0 Å². The van der Waals surface area contributed by atoms with Crippen molar-refractivity contribution in [3.05, 3.63) is 39.3 Å². The summed E-state index contributed by atoms with van der Waals surface area (Å²) in [5.74, 6) is -0.397. The zero-order valence-corrected chi connectivity index (χ0v) is 15.0. The molecular formula is C13H12Cl2N2O4S2. The van der Waals surface area contributed by atoms with Crippen molar-refractivity contribution in [2.45, 2.75) is 18.2 Å². The van der Waals surface area contributed by atoms with E-state index in [0.29, 0.717) is 9.90 Å². The first kappa shape index (κ1) is 18.0. The summed E-state index contributed by atoms with van der Waals surface area (Å²) in [5, 5.41) is 0.475. The number of hydrogen-bond acceptors (Lipinski definition) is 6. The third-order valence-corrected chi connectivity index (χ3v) is 5.68. The predicted molar refractivity (Wildman–Crippen MR) is 89.7 cm³/mol. The van der Waals surface area contributed by atoms with Crippen molar-refractivity contribution in [1.29, 1.82) is 0 Å². The molecule has 0 unspecified atom stereocenters. The Morgan fingerprint density at radius 3 is 2.78 bits per heavy atom. The molecule has 0 atom stereocenters. The third kappa shape index (κ3) is 4.81. The summed E-state index contributed by atoms with van der Waals surface area (Å²) in [6.45, 7) is 1.99. The van der Waals surface area contributed by atoms with E-state index < -0.39 is 16.0 Å². The van der Waals surface area contributed by atoms with E-state index in [-0.39, 0.29) is 28.1 Å². The maximum absolute atomic E-state index is 12.3. The van der Waals surface area contributed by atoms with Crippen LogP contribution in [0.3, 0.4) is 0 Å². The first-order valence-electron chi connectivity index (χ1n) is 6.40. The number of ether oxygens (including phenoxy) is 1. The van der Waals surface area contributed by atoms with Gasteiger partial charge in [-0.2, -0.15) is 0 Å². The molecule has 2 rings (SSSR count). The lowest BCUT2D eigenvalue weighted by molar-refractivity contribution is -0.142. The van der Waals surface area contributed by atoms with E-state index in [1.807, 2.05) is 0 Å². The topological polar surface area (TPSA) is 85.4 Å². The third-order valence-electron chi connectivity index (χ3n) is 2.58. The molecule has 0 bridgehead atoms. The standard InChI is InChI=1S/C13H12Cl2N2O4S2/c1-2-21-12(18)6-9-7-16-13(22-9)17-23(19,20)11-4-3-8(14)5-10(11)15/h3-5,7H,2,6H2,1H3,(H,16,17). The Balaban J connectivity index is 2.15. The van der Waals surface area contributed by atoms with Gasteiger partial charge in [0.2, 0.25) is 0 Å². The number of esters is 1. The van der Waals surface area contributed by atoms with E-state index in [1.54, 1.807) is 6.92 Å². The number of rotatable bonds is 6. The van der Waals surface area contributed by atoms with Gasteiger partial charge in [-0.05, 0) is 25.1 Å². The molecule has 0 aliphatic heterocycles. The van der Waals surface area contributed by atoms with E-state index in [1.165, 1.54) is 24.4 Å². The number of halogens is 2.